The second-order valence-corrected chi connectivity index (χ2v) is 5.04. The van der Waals surface area contributed by atoms with Gasteiger partial charge in [-0.3, -0.25) is 9.59 Å². The van der Waals surface area contributed by atoms with Gasteiger partial charge in [0, 0.05) is 13.1 Å². The van der Waals surface area contributed by atoms with Gasteiger partial charge >= 0.3 is 12.1 Å². The van der Waals surface area contributed by atoms with Gasteiger partial charge in [-0.2, -0.15) is 13.2 Å². The Bertz CT molecular complexity index is 393. The molecule has 5 nitrogen and oxygen atoms in total. The fourth-order valence-corrected chi connectivity index (χ4v) is 2.64. The predicted octanol–water partition coefficient (Wildman–Crippen LogP) is 0.604. The molecule has 0 aliphatic carbocycles. The molecule has 1 amide bonds. The molecule has 2 N–H and O–H groups in total. The maximum atomic E-state index is 12.9. The highest BCUT2D eigenvalue weighted by atomic mass is 19.4. The Morgan fingerprint density at radius 1 is 1.37 bits per heavy atom. The summed E-state index contributed by atoms with van der Waals surface area (Å²) in [6.07, 6.45) is -4.05. The third-order valence-electron chi connectivity index (χ3n) is 3.89. The van der Waals surface area contributed by atoms with Crippen LogP contribution in [0.5, 0.6) is 0 Å². The molecule has 0 bridgehead atoms. The number of carboxylic acid groups (broad SMARTS) is 1. The van der Waals surface area contributed by atoms with Gasteiger partial charge in [0.1, 0.15) is 0 Å². The second kappa shape index (κ2) is 4.66. The summed E-state index contributed by atoms with van der Waals surface area (Å²) in [5.74, 6) is -2.33. The minimum atomic E-state index is -4.85. The highest BCUT2D eigenvalue weighted by Gasteiger charge is 2.64. The second-order valence-electron chi connectivity index (χ2n) is 5.04. The lowest BCUT2D eigenvalue weighted by molar-refractivity contribution is -0.227. The number of rotatable bonds is 2. The lowest BCUT2D eigenvalue weighted by Gasteiger charge is -2.28. The molecule has 2 heterocycles. The highest BCUT2D eigenvalue weighted by molar-refractivity contribution is 5.84. The molecule has 108 valence electrons. The van der Waals surface area contributed by atoms with Crippen LogP contribution in [0.25, 0.3) is 0 Å². The largest absolute Gasteiger partial charge is 0.481 e. The van der Waals surface area contributed by atoms with Crippen LogP contribution in [0.1, 0.15) is 19.3 Å². The topological polar surface area (TPSA) is 69.6 Å². The Morgan fingerprint density at radius 3 is 2.47 bits per heavy atom. The molecule has 0 saturated carbocycles. The first-order valence-electron chi connectivity index (χ1n) is 6.10. The van der Waals surface area contributed by atoms with E-state index in [2.05, 4.69) is 5.32 Å². The molecule has 0 aromatic heterocycles. The smallest absolute Gasteiger partial charge is 0.406 e. The molecule has 2 fully saturated rings. The average molecular weight is 280 g/mol. The molecule has 2 aliphatic heterocycles. The molecular formula is C11H15F3N2O3. The lowest BCUT2D eigenvalue weighted by atomic mass is 9.86. The first-order valence-corrected chi connectivity index (χ1v) is 6.10. The summed E-state index contributed by atoms with van der Waals surface area (Å²) in [4.78, 5) is 24.0. The van der Waals surface area contributed by atoms with Gasteiger partial charge in [-0.1, -0.05) is 0 Å². The van der Waals surface area contributed by atoms with Crippen molar-refractivity contribution < 1.29 is 27.9 Å². The van der Waals surface area contributed by atoms with Crippen molar-refractivity contribution in [2.45, 2.75) is 31.5 Å². The zero-order valence-electron chi connectivity index (χ0n) is 10.2. The summed E-state index contributed by atoms with van der Waals surface area (Å²) in [6.45, 7) is -0.292. The monoisotopic (exact) mass is 280 g/mol. The van der Waals surface area contributed by atoms with E-state index in [9.17, 15) is 22.8 Å². The standard InChI is InChI=1S/C11H15F3N2O3/c12-11(13,14)10(9(18)19)3-5-16(6-10)8(17)7-2-1-4-15-7/h7,15H,1-6H2,(H,18,19)/t7-,10?/m1/s1. The lowest BCUT2D eigenvalue weighted by Crippen LogP contribution is -2.49. The summed E-state index contributed by atoms with van der Waals surface area (Å²) >= 11 is 0. The Hall–Kier alpha value is -1.31. The molecular weight excluding hydrogens is 265 g/mol. The number of carbonyl (C=O) groups excluding carboxylic acids is 1. The van der Waals surface area contributed by atoms with Crippen molar-refractivity contribution in [2.24, 2.45) is 5.41 Å². The van der Waals surface area contributed by atoms with Crippen molar-refractivity contribution in [3.8, 4) is 0 Å². The van der Waals surface area contributed by atoms with Crippen molar-refractivity contribution in [2.75, 3.05) is 19.6 Å². The zero-order valence-corrected chi connectivity index (χ0v) is 10.2. The number of carboxylic acids is 1. The summed E-state index contributed by atoms with van der Waals surface area (Å²) in [6, 6.07) is -0.474. The van der Waals surface area contributed by atoms with Crippen LogP contribution in [0.2, 0.25) is 0 Å². The molecule has 2 aliphatic rings. The van der Waals surface area contributed by atoms with Crippen LogP contribution < -0.4 is 5.32 Å². The van der Waals surface area contributed by atoms with Crippen molar-refractivity contribution in [3.63, 3.8) is 0 Å². The van der Waals surface area contributed by atoms with Gasteiger partial charge in [-0.25, -0.2) is 0 Å². The van der Waals surface area contributed by atoms with Gasteiger partial charge < -0.3 is 15.3 Å². The number of alkyl halides is 3. The maximum absolute atomic E-state index is 12.9. The van der Waals surface area contributed by atoms with E-state index < -0.39 is 42.5 Å². The van der Waals surface area contributed by atoms with E-state index >= 15 is 0 Å². The Labute approximate surface area is 107 Å². The zero-order chi connectivity index (χ0) is 14.3. The quantitative estimate of drug-likeness (QED) is 0.777. The number of likely N-dealkylation sites (tertiary alicyclic amines) is 1. The third kappa shape index (κ3) is 2.29. The van der Waals surface area contributed by atoms with Gasteiger partial charge in [-0.05, 0) is 25.8 Å². The van der Waals surface area contributed by atoms with Gasteiger partial charge in [0.25, 0.3) is 0 Å². The number of nitrogens with one attached hydrogen (secondary N) is 1. The van der Waals surface area contributed by atoms with Gasteiger partial charge in [-0.15, -0.1) is 0 Å². The number of carbonyl (C=O) groups is 2. The molecule has 2 atom stereocenters. The fourth-order valence-electron chi connectivity index (χ4n) is 2.64. The molecule has 0 aromatic rings. The number of hydrogen-bond acceptors (Lipinski definition) is 3. The minimum Gasteiger partial charge on any atom is -0.481 e. The molecule has 1 unspecified atom stereocenters. The van der Waals surface area contributed by atoms with E-state index in [1.165, 1.54) is 0 Å². The summed E-state index contributed by atoms with van der Waals surface area (Å²) < 4.78 is 38.8. The van der Waals surface area contributed by atoms with E-state index in [1.54, 1.807) is 0 Å². The number of hydrogen-bond donors (Lipinski definition) is 2. The molecule has 8 heteroatoms. The van der Waals surface area contributed by atoms with Crippen molar-refractivity contribution in [3.05, 3.63) is 0 Å². The van der Waals surface area contributed by atoms with Crippen LogP contribution in [-0.2, 0) is 9.59 Å². The summed E-state index contributed by atoms with van der Waals surface area (Å²) in [7, 11) is 0. The van der Waals surface area contributed by atoms with Crippen LogP contribution in [0.15, 0.2) is 0 Å². The Morgan fingerprint density at radius 2 is 2.05 bits per heavy atom. The van der Waals surface area contributed by atoms with Crippen molar-refractivity contribution in [1.29, 1.82) is 0 Å². The first kappa shape index (κ1) is 14.1. The number of nitrogens with zero attached hydrogens (tertiary/aromatic N) is 1. The van der Waals surface area contributed by atoms with E-state index in [0.717, 1.165) is 11.3 Å². The summed E-state index contributed by atoms with van der Waals surface area (Å²) in [5, 5.41) is 11.8. The number of aliphatic carboxylic acids is 1. The van der Waals surface area contributed by atoms with Crippen LogP contribution in [0.3, 0.4) is 0 Å². The Kier molecular flexibility index (Phi) is 3.46. The predicted molar refractivity (Wildman–Crippen MR) is 58.3 cm³/mol. The van der Waals surface area contributed by atoms with Crippen LogP contribution in [-0.4, -0.2) is 53.7 Å². The molecule has 2 saturated heterocycles. The van der Waals surface area contributed by atoms with E-state index in [4.69, 9.17) is 5.11 Å². The molecule has 2 rings (SSSR count). The van der Waals surface area contributed by atoms with Crippen molar-refractivity contribution in [1.82, 2.24) is 10.2 Å². The van der Waals surface area contributed by atoms with Gasteiger partial charge in [0.2, 0.25) is 5.91 Å². The van der Waals surface area contributed by atoms with Crippen LogP contribution >= 0.6 is 0 Å². The summed E-state index contributed by atoms with van der Waals surface area (Å²) in [5.41, 5.74) is -2.82. The van der Waals surface area contributed by atoms with Crippen LogP contribution in [0, 0.1) is 5.41 Å². The highest BCUT2D eigenvalue weighted by Crippen LogP contribution is 2.45. The molecule has 0 spiro atoms. The van der Waals surface area contributed by atoms with Crippen LogP contribution in [0.4, 0.5) is 13.2 Å². The molecule has 0 radical (unpaired) electrons. The van der Waals surface area contributed by atoms with Gasteiger partial charge in [0.05, 0.1) is 6.04 Å². The number of halogens is 3. The van der Waals surface area contributed by atoms with Gasteiger partial charge in [0.15, 0.2) is 5.41 Å². The Balaban J connectivity index is 2.13. The average Bonchev–Trinajstić information content (AvgIpc) is 2.97. The normalized spacial score (nSPS) is 31.7. The fraction of sp³-hybridized carbons (Fsp3) is 0.818. The van der Waals surface area contributed by atoms with E-state index in [1.807, 2.05) is 0 Å². The van der Waals surface area contributed by atoms with Crippen molar-refractivity contribution >= 4 is 11.9 Å². The molecule has 19 heavy (non-hydrogen) atoms. The SMILES string of the molecule is O=C([C@H]1CCCN1)N1CCC(C(=O)O)(C(F)(F)F)C1. The first-order chi connectivity index (χ1) is 8.78. The minimum absolute atomic E-state index is 0.164. The molecule has 0 aromatic carbocycles. The maximum Gasteiger partial charge on any atom is 0.406 e. The van der Waals surface area contributed by atoms with E-state index in [0.29, 0.717) is 13.0 Å². The van der Waals surface area contributed by atoms with E-state index in [-0.39, 0.29) is 6.54 Å². The number of amides is 1. The third-order valence-corrected chi connectivity index (χ3v) is 3.89.